The third kappa shape index (κ3) is 5.90. The Morgan fingerprint density at radius 1 is 1.40 bits per heavy atom. The van der Waals surface area contributed by atoms with Gasteiger partial charge in [0.15, 0.2) is 0 Å². The molecule has 0 radical (unpaired) electrons. The number of rotatable bonds is 6. The number of hydrogen-bond donors (Lipinski definition) is 2. The summed E-state index contributed by atoms with van der Waals surface area (Å²) in [5, 5.41) is 11.7. The molecule has 0 aliphatic rings. The van der Waals surface area contributed by atoms with Gasteiger partial charge in [0.2, 0.25) is 5.91 Å². The molecule has 0 aliphatic heterocycles. The maximum Gasteiger partial charge on any atom is 0.220 e. The van der Waals surface area contributed by atoms with Crippen molar-refractivity contribution in [3.8, 4) is 11.8 Å². The van der Waals surface area contributed by atoms with Crippen molar-refractivity contribution in [2.75, 3.05) is 6.61 Å². The van der Waals surface area contributed by atoms with Gasteiger partial charge >= 0.3 is 0 Å². The molecule has 0 heterocycles. The first-order valence-electron chi connectivity index (χ1n) is 7.11. The lowest BCUT2D eigenvalue weighted by atomic mass is 10.0. The molecule has 3 heteroatoms. The molecule has 0 saturated carbocycles. The Morgan fingerprint density at radius 2 is 2.15 bits per heavy atom. The molecule has 1 unspecified atom stereocenters. The van der Waals surface area contributed by atoms with E-state index in [1.807, 2.05) is 24.3 Å². The van der Waals surface area contributed by atoms with Crippen LogP contribution in [-0.2, 0) is 11.3 Å². The molecule has 0 saturated heterocycles. The van der Waals surface area contributed by atoms with Gasteiger partial charge in [-0.15, -0.1) is 0 Å². The molecule has 2 N–H and O–H groups in total. The minimum atomic E-state index is 0.0702. The number of amides is 1. The molecule has 1 aromatic carbocycles. The molecule has 1 rings (SSSR count). The van der Waals surface area contributed by atoms with Crippen molar-refractivity contribution in [2.24, 2.45) is 5.92 Å². The van der Waals surface area contributed by atoms with Crippen molar-refractivity contribution in [2.45, 2.75) is 39.7 Å². The van der Waals surface area contributed by atoms with E-state index in [9.17, 15) is 4.79 Å². The Hall–Kier alpha value is -1.79. The summed E-state index contributed by atoms with van der Waals surface area (Å²) in [4.78, 5) is 11.8. The second kappa shape index (κ2) is 9.17. The highest BCUT2D eigenvalue weighted by Gasteiger charge is 2.07. The van der Waals surface area contributed by atoms with Gasteiger partial charge in [-0.2, -0.15) is 0 Å². The Morgan fingerprint density at radius 3 is 2.85 bits per heavy atom. The quantitative estimate of drug-likeness (QED) is 0.782. The summed E-state index contributed by atoms with van der Waals surface area (Å²) in [6.07, 6.45) is 2.04. The first-order valence-corrected chi connectivity index (χ1v) is 7.11. The van der Waals surface area contributed by atoms with E-state index in [1.165, 1.54) is 0 Å². The highest BCUT2D eigenvalue weighted by Crippen LogP contribution is 2.09. The molecule has 20 heavy (non-hydrogen) atoms. The second-order valence-electron chi connectivity index (χ2n) is 4.93. The van der Waals surface area contributed by atoms with Crippen LogP contribution in [0.25, 0.3) is 0 Å². The van der Waals surface area contributed by atoms with Crippen LogP contribution in [0.2, 0.25) is 0 Å². The van der Waals surface area contributed by atoms with Gasteiger partial charge in [0.1, 0.15) is 0 Å². The summed E-state index contributed by atoms with van der Waals surface area (Å²) in [6, 6.07) is 7.76. The molecule has 0 bridgehead atoms. The molecule has 3 nitrogen and oxygen atoms in total. The van der Waals surface area contributed by atoms with E-state index in [1.54, 1.807) is 0 Å². The van der Waals surface area contributed by atoms with Gasteiger partial charge in [-0.25, -0.2) is 0 Å². The average Bonchev–Trinajstić information content (AvgIpc) is 2.46. The summed E-state index contributed by atoms with van der Waals surface area (Å²) in [7, 11) is 0. The minimum absolute atomic E-state index is 0.0702. The lowest BCUT2D eigenvalue weighted by molar-refractivity contribution is -0.122. The maximum absolute atomic E-state index is 11.8. The topological polar surface area (TPSA) is 49.3 Å². The lowest BCUT2D eigenvalue weighted by Gasteiger charge is -2.10. The summed E-state index contributed by atoms with van der Waals surface area (Å²) in [5.74, 6) is 6.43. The number of hydrogen-bond acceptors (Lipinski definition) is 2. The number of carbonyl (C=O) groups excluding carboxylic acids is 1. The number of benzene rings is 1. The third-order valence-corrected chi connectivity index (χ3v) is 3.18. The van der Waals surface area contributed by atoms with Gasteiger partial charge in [-0.3, -0.25) is 4.79 Å². The zero-order valence-corrected chi connectivity index (χ0v) is 12.3. The Labute approximate surface area is 121 Å². The summed E-state index contributed by atoms with van der Waals surface area (Å²) >= 11 is 0. The van der Waals surface area contributed by atoms with Crippen molar-refractivity contribution in [1.29, 1.82) is 0 Å². The normalized spacial score (nSPS) is 11.3. The van der Waals surface area contributed by atoms with Gasteiger partial charge in [0.05, 0.1) is 6.61 Å². The van der Waals surface area contributed by atoms with Crippen molar-refractivity contribution in [1.82, 2.24) is 5.32 Å². The van der Waals surface area contributed by atoms with Crippen molar-refractivity contribution >= 4 is 5.91 Å². The van der Waals surface area contributed by atoms with E-state index in [0.717, 1.165) is 17.5 Å². The van der Waals surface area contributed by atoms with Gasteiger partial charge in [-0.05, 0) is 17.5 Å². The Kier molecular flexibility index (Phi) is 7.46. The van der Waals surface area contributed by atoms with Gasteiger partial charge in [0, 0.05) is 24.9 Å². The van der Waals surface area contributed by atoms with Gasteiger partial charge in [0.25, 0.3) is 0 Å². The summed E-state index contributed by atoms with van der Waals surface area (Å²) < 4.78 is 0. The van der Waals surface area contributed by atoms with Crippen LogP contribution in [0, 0.1) is 17.8 Å². The highest BCUT2D eigenvalue weighted by atomic mass is 16.2. The predicted molar refractivity (Wildman–Crippen MR) is 80.9 cm³/mol. The standard InChI is InChI=1S/C17H23NO2/c1-3-14(2)12-17(20)18-13-16-10-5-4-8-15(16)9-6-7-11-19/h4-5,8,10,14,19H,3,7,11-13H2,1-2H3,(H,18,20). The van der Waals surface area contributed by atoms with Crippen LogP contribution >= 0.6 is 0 Å². The summed E-state index contributed by atoms with van der Waals surface area (Å²) in [5.41, 5.74) is 1.92. The zero-order valence-electron chi connectivity index (χ0n) is 12.3. The number of nitrogens with one attached hydrogen (secondary N) is 1. The lowest BCUT2D eigenvalue weighted by Crippen LogP contribution is -2.24. The molecule has 108 valence electrons. The molecule has 0 aromatic heterocycles. The van der Waals surface area contributed by atoms with Crippen LogP contribution in [0.5, 0.6) is 0 Å². The zero-order chi connectivity index (χ0) is 14.8. The predicted octanol–water partition coefficient (Wildman–Crippen LogP) is 2.47. The van der Waals surface area contributed by atoms with Crippen LogP contribution in [0.3, 0.4) is 0 Å². The third-order valence-electron chi connectivity index (χ3n) is 3.18. The average molecular weight is 273 g/mol. The van der Waals surface area contributed by atoms with Gasteiger partial charge in [-0.1, -0.05) is 50.3 Å². The fraction of sp³-hybridized carbons (Fsp3) is 0.471. The molecule has 1 atom stereocenters. The van der Waals surface area contributed by atoms with Crippen LogP contribution < -0.4 is 5.32 Å². The van der Waals surface area contributed by atoms with Crippen molar-refractivity contribution in [3.05, 3.63) is 35.4 Å². The van der Waals surface area contributed by atoms with E-state index in [2.05, 4.69) is 31.0 Å². The molecule has 0 aliphatic carbocycles. The smallest absolute Gasteiger partial charge is 0.220 e. The number of aliphatic hydroxyl groups is 1. The largest absolute Gasteiger partial charge is 0.395 e. The first kappa shape index (κ1) is 16.3. The number of aliphatic hydroxyl groups excluding tert-OH is 1. The maximum atomic E-state index is 11.8. The highest BCUT2D eigenvalue weighted by molar-refractivity contribution is 5.76. The molecule has 1 amide bonds. The first-order chi connectivity index (χ1) is 9.67. The Bertz CT molecular complexity index is 485. The molecular formula is C17H23NO2. The van der Waals surface area contributed by atoms with Crippen LogP contribution in [-0.4, -0.2) is 17.6 Å². The molecule has 0 fully saturated rings. The van der Waals surface area contributed by atoms with E-state index in [-0.39, 0.29) is 12.5 Å². The SMILES string of the molecule is CCC(C)CC(=O)NCc1ccccc1C#CCCO. The molecule has 1 aromatic rings. The number of carbonyl (C=O) groups is 1. The van der Waals surface area contributed by atoms with E-state index in [4.69, 9.17) is 5.11 Å². The molecular weight excluding hydrogens is 250 g/mol. The second-order valence-corrected chi connectivity index (χ2v) is 4.93. The fourth-order valence-corrected chi connectivity index (χ4v) is 1.74. The fourth-order valence-electron chi connectivity index (χ4n) is 1.74. The van der Waals surface area contributed by atoms with Crippen LogP contribution in [0.4, 0.5) is 0 Å². The van der Waals surface area contributed by atoms with Gasteiger partial charge < -0.3 is 10.4 Å². The minimum Gasteiger partial charge on any atom is -0.395 e. The van der Waals surface area contributed by atoms with Crippen molar-refractivity contribution in [3.63, 3.8) is 0 Å². The van der Waals surface area contributed by atoms with Crippen molar-refractivity contribution < 1.29 is 9.90 Å². The van der Waals surface area contributed by atoms with Crippen LogP contribution in [0.1, 0.15) is 44.2 Å². The molecule has 0 spiro atoms. The summed E-state index contributed by atoms with van der Waals surface area (Å²) in [6.45, 7) is 4.73. The van der Waals surface area contributed by atoms with E-state index < -0.39 is 0 Å². The van der Waals surface area contributed by atoms with E-state index >= 15 is 0 Å². The Balaban J connectivity index is 2.60. The monoisotopic (exact) mass is 273 g/mol. The van der Waals surface area contributed by atoms with Crippen LogP contribution in [0.15, 0.2) is 24.3 Å². The van der Waals surface area contributed by atoms with E-state index in [0.29, 0.717) is 25.3 Å².